The van der Waals surface area contributed by atoms with Gasteiger partial charge in [0, 0.05) is 11.6 Å². The Bertz CT molecular complexity index is 802. The van der Waals surface area contributed by atoms with E-state index < -0.39 is 5.82 Å². The van der Waals surface area contributed by atoms with Gasteiger partial charge in [0.1, 0.15) is 28.8 Å². The maximum Gasteiger partial charge on any atom is 0.150 e. The molecule has 0 spiro atoms. The molecule has 24 heavy (non-hydrogen) atoms. The molecular weight excluding hydrogens is 354 g/mol. The van der Waals surface area contributed by atoms with E-state index in [2.05, 4.69) is 5.10 Å². The number of rotatable bonds is 4. The summed E-state index contributed by atoms with van der Waals surface area (Å²) in [4.78, 5) is 0. The summed E-state index contributed by atoms with van der Waals surface area (Å²) < 4.78 is 26.9. The highest BCUT2D eigenvalue weighted by Crippen LogP contribution is 2.35. The second-order valence-electron chi connectivity index (χ2n) is 6.60. The summed E-state index contributed by atoms with van der Waals surface area (Å²) in [6.07, 6.45) is 3.91. The molecule has 2 aromatic rings. The molecule has 1 aromatic heterocycles. The molecule has 1 aromatic carbocycles. The Balaban J connectivity index is 1.71. The molecule has 0 radical (unpaired) electrons. The van der Waals surface area contributed by atoms with E-state index in [1.165, 1.54) is 10.7 Å². The highest BCUT2D eigenvalue weighted by Gasteiger charge is 2.40. The van der Waals surface area contributed by atoms with Gasteiger partial charge in [0.25, 0.3) is 0 Å². The number of aromatic nitrogens is 2. The summed E-state index contributed by atoms with van der Waals surface area (Å²) in [5.41, 5.74) is 1.93. The predicted octanol–water partition coefficient (Wildman–Crippen LogP) is 4.36. The molecule has 1 saturated heterocycles. The number of hydrogen-bond acceptors (Lipinski definition) is 3. The van der Waals surface area contributed by atoms with Crippen molar-refractivity contribution in [1.29, 1.82) is 0 Å². The smallest absolute Gasteiger partial charge is 0.150 e. The number of benzene rings is 1. The number of epoxide rings is 1. The number of halogens is 3. The molecule has 0 N–H and O–H groups in total. The Morgan fingerprint density at radius 3 is 2.79 bits per heavy atom. The topological polar surface area (TPSA) is 39.6 Å². The summed E-state index contributed by atoms with van der Waals surface area (Å²) in [5.74, 6) is -0.0858. The minimum Gasteiger partial charge on any atom is -0.489 e. The summed E-state index contributed by atoms with van der Waals surface area (Å²) in [6, 6.07) is 2.78. The molecule has 4 rings (SSSR count). The van der Waals surface area contributed by atoms with Gasteiger partial charge in [-0.15, -0.1) is 0 Å². The first-order chi connectivity index (χ1) is 11.5. The van der Waals surface area contributed by atoms with Crippen LogP contribution in [0.4, 0.5) is 4.39 Å². The van der Waals surface area contributed by atoms with Crippen LogP contribution in [0.5, 0.6) is 5.75 Å². The fourth-order valence-electron chi connectivity index (χ4n) is 2.90. The lowest BCUT2D eigenvalue weighted by Gasteiger charge is -2.13. The van der Waals surface area contributed by atoms with Crippen molar-refractivity contribution in [2.75, 3.05) is 13.2 Å². The minimum atomic E-state index is -0.483. The lowest BCUT2D eigenvalue weighted by Crippen LogP contribution is -2.17. The van der Waals surface area contributed by atoms with Crippen molar-refractivity contribution in [2.24, 2.45) is 0 Å². The van der Waals surface area contributed by atoms with Crippen molar-refractivity contribution < 1.29 is 13.9 Å². The Labute approximate surface area is 149 Å². The quantitative estimate of drug-likeness (QED) is 0.750. The number of ether oxygens (including phenoxy) is 2. The molecule has 0 bridgehead atoms. The van der Waals surface area contributed by atoms with Gasteiger partial charge in [-0.3, -0.25) is 0 Å². The average molecular weight is 371 g/mol. The number of hydrogen-bond donors (Lipinski definition) is 0. The van der Waals surface area contributed by atoms with Crippen molar-refractivity contribution in [3.05, 3.63) is 39.4 Å². The van der Waals surface area contributed by atoms with Crippen molar-refractivity contribution in [3.8, 4) is 11.4 Å². The van der Waals surface area contributed by atoms with Crippen molar-refractivity contribution in [3.63, 3.8) is 0 Å². The summed E-state index contributed by atoms with van der Waals surface area (Å²) >= 11 is 12.6. The first kappa shape index (κ1) is 16.2. The summed E-state index contributed by atoms with van der Waals surface area (Å²) in [7, 11) is 0. The Hall–Kier alpha value is -1.30. The van der Waals surface area contributed by atoms with Crippen molar-refractivity contribution in [2.45, 2.75) is 38.2 Å². The van der Waals surface area contributed by atoms with Crippen molar-refractivity contribution >= 4 is 23.2 Å². The maximum atomic E-state index is 14.5. The van der Waals surface area contributed by atoms with Gasteiger partial charge in [-0.05, 0) is 38.7 Å². The van der Waals surface area contributed by atoms with Crippen molar-refractivity contribution in [1.82, 2.24) is 9.78 Å². The van der Waals surface area contributed by atoms with Gasteiger partial charge in [0.15, 0.2) is 5.82 Å². The highest BCUT2D eigenvalue weighted by atomic mass is 35.5. The SMILES string of the molecule is CC1(COc2cc(-n3nc4c(c3Cl)CCCC4)c(F)cc2Cl)CO1. The van der Waals surface area contributed by atoms with E-state index in [4.69, 9.17) is 32.7 Å². The van der Waals surface area contributed by atoms with E-state index >= 15 is 0 Å². The molecule has 1 aliphatic carbocycles. The number of fused-ring (bicyclic) bond motifs is 1. The lowest BCUT2D eigenvalue weighted by molar-refractivity contribution is 0.202. The van der Waals surface area contributed by atoms with Gasteiger partial charge in [0.2, 0.25) is 0 Å². The van der Waals surface area contributed by atoms with E-state index in [-0.39, 0.29) is 16.3 Å². The molecular formula is C17H17Cl2FN2O2. The molecule has 0 saturated carbocycles. The van der Waals surface area contributed by atoms with E-state index in [0.717, 1.165) is 36.9 Å². The molecule has 4 nitrogen and oxygen atoms in total. The van der Waals surface area contributed by atoms with Crippen LogP contribution in [0.15, 0.2) is 12.1 Å². The van der Waals surface area contributed by atoms with E-state index in [9.17, 15) is 4.39 Å². The number of nitrogens with zero attached hydrogens (tertiary/aromatic N) is 2. The third-order valence-electron chi connectivity index (χ3n) is 4.49. The van der Waals surface area contributed by atoms with Crippen LogP contribution in [0.3, 0.4) is 0 Å². The molecule has 2 heterocycles. The molecule has 1 fully saturated rings. The van der Waals surface area contributed by atoms with Crippen LogP contribution < -0.4 is 4.74 Å². The first-order valence-electron chi connectivity index (χ1n) is 7.99. The fourth-order valence-corrected chi connectivity index (χ4v) is 3.44. The van der Waals surface area contributed by atoms with Gasteiger partial charge in [-0.25, -0.2) is 9.07 Å². The van der Waals surface area contributed by atoms with Crippen LogP contribution in [0, 0.1) is 5.82 Å². The van der Waals surface area contributed by atoms with E-state index in [1.54, 1.807) is 6.07 Å². The number of aryl methyl sites for hydroxylation is 1. The Morgan fingerprint density at radius 1 is 1.33 bits per heavy atom. The zero-order valence-electron chi connectivity index (χ0n) is 13.2. The third kappa shape index (κ3) is 2.89. The molecule has 2 aliphatic rings. The van der Waals surface area contributed by atoms with Crippen LogP contribution in [0.2, 0.25) is 10.2 Å². The predicted molar refractivity (Wildman–Crippen MR) is 90.0 cm³/mol. The summed E-state index contributed by atoms with van der Waals surface area (Å²) in [6.45, 7) is 2.96. The normalized spacial score (nSPS) is 22.3. The Morgan fingerprint density at radius 2 is 2.08 bits per heavy atom. The molecule has 1 atom stereocenters. The monoisotopic (exact) mass is 370 g/mol. The Kier molecular flexibility index (Phi) is 3.98. The van der Waals surface area contributed by atoms with Gasteiger partial charge < -0.3 is 9.47 Å². The standard InChI is InChI=1S/C17H17Cl2FN2O2/c1-17(9-24-17)8-23-15-7-14(12(20)6-11(15)18)22-16(19)10-4-2-3-5-13(10)21-22/h6-7H,2-5,8-9H2,1H3. The zero-order valence-corrected chi connectivity index (χ0v) is 14.8. The second-order valence-corrected chi connectivity index (χ2v) is 7.36. The van der Waals surface area contributed by atoms with Crippen LogP contribution in [0.25, 0.3) is 5.69 Å². The maximum absolute atomic E-state index is 14.5. The van der Waals surface area contributed by atoms with E-state index in [0.29, 0.717) is 24.1 Å². The highest BCUT2D eigenvalue weighted by molar-refractivity contribution is 6.32. The first-order valence-corrected chi connectivity index (χ1v) is 8.75. The van der Waals surface area contributed by atoms with Gasteiger partial charge in [0.05, 0.1) is 17.3 Å². The zero-order chi connectivity index (χ0) is 16.9. The molecule has 128 valence electrons. The molecule has 0 amide bonds. The van der Waals surface area contributed by atoms with Gasteiger partial charge in [-0.1, -0.05) is 23.2 Å². The van der Waals surface area contributed by atoms with Crippen LogP contribution in [-0.2, 0) is 17.6 Å². The second kappa shape index (κ2) is 5.90. The molecule has 1 aliphatic heterocycles. The molecule has 7 heteroatoms. The van der Waals surface area contributed by atoms with Gasteiger partial charge in [-0.2, -0.15) is 5.10 Å². The summed E-state index contributed by atoms with van der Waals surface area (Å²) in [5, 5.41) is 5.18. The van der Waals surface area contributed by atoms with Gasteiger partial charge >= 0.3 is 0 Å². The third-order valence-corrected chi connectivity index (χ3v) is 5.18. The van der Waals surface area contributed by atoms with Crippen LogP contribution in [0.1, 0.15) is 31.0 Å². The van der Waals surface area contributed by atoms with Crippen LogP contribution in [-0.4, -0.2) is 28.6 Å². The molecule has 1 unspecified atom stereocenters. The lowest BCUT2D eigenvalue weighted by atomic mass is 9.99. The average Bonchev–Trinajstić information content (AvgIpc) is 3.21. The largest absolute Gasteiger partial charge is 0.489 e. The minimum absolute atomic E-state index is 0.216. The van der Waals surface area contributed by atoms with Crippen LogP contribution >= 0.6 is 23.2 Å². The fraction of sp³-hybridized carbons (Fsp3) is 0.471. The van der Waals surface area contributed by atoms with E-state index in [1.807, 2.05) is 6.92 Å².